The van der Waals surface area contributed by atoms with Gasteiger partial charge in [0.2, 0.25) is 0 Å². The van der Waals surface area contributed by atoms with Gasteiger partial charge in [0.15, 0.2) is 0 Å². The summed E-state index contributed by atoms with van der Waals surface area (Å²) < 4.78 is 9.38. The van der Waals surface area contributed by atoms with Crippen LogP contribution in [0.15, 0.2) is 207 Å². The summed E-state index contributed by atoms with van der Waals surface area (Å²) in [5.74, 6) is 0. The highest BCUT2D eigenvalue weighted by molar-refractivity contribution is 6.14. The van der Waals surface area contributed by atoms with Crippen LogP contribution in [0.1, 0.15) is 13.8 Å². The van der Waals surface area contributed by atoms with Crippen molar-refractivity contribution >= 4 is 65.4 Å². The largest absolute Gasteiger partial charge is 0.317 e. The third-order valence-corrected chi connectivity index (χ3v) is 11.6. The Morgan fingerprint density at radius 1 is 0.276 bits per heavy atom. The number of hydrogen-bond donors (Lipinski definition) is 0. The Bertz CT molecular complexity index is 3200. The summed E-state index contributed by atoms with van der Waals surface area (Å²) in [4.78, 5) is 0. The molecule has 4 nitrogen and oxygen atoms in total. The zero-order chi connectivity index (χ0) is 38.7. The fraction of sp³-hybridized carbons (Fsp3) is 0.0370. The third-order valence-electron chi connectivity index (χ3n) is 11.6. The second kappa shape index (κ2) is 13.6. The van der Waals surface area contributed by atoms with E-state index in [0.29, 0.717) is 0 Å². The summed E-state index contributed by atoms with van der Waals surface area (Å²) in [5.41, 5.74) is 14.3. The molecule has 4 heterocycles. The Labute approximate surface area is 336 Å². The first-order chi connectivity index (χ1) is 28.8. The number of fused-ring (bicyclic) bond motifs is 8. The fourth-order valence-electron chi connectivity index (χ4n) is 8.98. The first kappa shape index (κ1) is 33.8. The number of para-hydroxylation sites is 4. The van der Waals surface area contributed by atoms with Gasteiger partial charge in [-0.25, -0.2) is 0 Å². The van der Waals surface area contributed by atoms with Crippen molar-refractivity contribution in [2.24, 2.45) is 0 Å². The standard InChI is InChI=1S/C52H34N4.C2H6/c1-3-11-39(12-4-1)53-29-27-37-31-51-45(33-49(37)53)43-15-7-9-17-47(43)55(51)41-23-19-35(20-24-41)36-21-25-42(26-22-36)56-48-18-10-8-16-44(48)46-34-50-38(32-52(46)56)28-30-54(50)40-13-5-2-6-14-40;1-2/h1-34H;1-2H3. The van der Waals surface area contributed by atoms with Gasteiger partial charge in [0.05, 0.1) is 33.1 Å². The van der Waals surface area contributed by atoms with Crippen molar-refractivity contribution in [1.82, 2.24) is 18.3 Å². The summed E-state index contributed by atoms with van der Waals surface area (Å²) in [6.45, 7) is 4.00. The van der Waals surface area contributed by atoms with Crippen LogP contribution in [0.25, 0.3) is 99.3 Å². The van der Waals surface area contributed by atoms with Gasteiger partial charge in [-0.1, -0.05) is 111 Å². The summed E-state index contributed by atoms with van der Waals surface area (Å²) in [5, 5.41) is 7.46. The minimum atomic E-state index is 1.15. The van der Waals surface area contributed by atoms with E-state index >= 15 is 0 Å². The molecule has 276 valence electrons. The lowest BCUT2D eigenvalue weighted by Gasteiger charge is -2.11. The highest BCUT2D eigenvalue weighted by Gasteiger charge is 2.17. The lowest BCUT2D eigenvalue weighted by molar-refractivity contribution is 1.13. The van der Waals surface area contributed by atoms with E-state index < -0.39 is 0 Å². The zero-order valence-electron chi connectivity index (χ0n) is 32.4. The molecule has 0 amide bonds. The van der Waals surface area contributed by atoms with Gasteiger partial charge in [-0.15, -0.1) is 0 Å². The molecule has 0 aliphatic rings. The Morgan fingerprint density at radius 3 is 1.07 bits per heavy atom. The van der Waals surface area contributed by atoms with Crippen molar-refractivity contribution in [3.8, 4) is 33.9 Å². The van der Waals surface area contributed by atoms with Crippen LogP contribution >= 0.6 is 0 Å². The van der Waals surface area contributed by atoms with Gasteiger partial charge < -0.3 is 18.3 Å². The number of aromatic nitrogens is 4. The van der Waals surface area contributed by atoms with Gasteiger partial charge in [-0.2, -0.15) is 0 Å². The van der Waals surface area contributed by atoms with Gasteiger partial charge in [-0.3, -0.25) is 0 Å². The van der Waals surface area contributed by atoms with Gasteiger partial charge >= 0.3 is 0 Å². The molecule has 0 aliphatic carbocycles. The highest BCUT2D eigenvalue weighted by Crippen LogP contribution is 2.38. The maximum absolute atomic E-state index is 2.41. The lowest BCUT2D eigenvalue weighted by atomic mass is 10.0. The number of rotatable bonds is 5. The van der Waals surface area contributed by atoms with E-state index in [1.807, 2.05) is 13.8 Å². The Morgan fingerprint density at radius 2 is 0.655 bits per heavy atom. The molecule has 0 N–H and O–H groups in total. The third kappa shape index (κ3) is 5.23. The number of nitrogens with zero attached hydrogens (tertiary/aromatic N) is 4. The van der Waals surface area contributed by atoms with Crippen molar-refractivity contribution < 1.29 is 0 Å². The van der Waals surface area contributed by atoms with E-state index in [1.54, 1.807) is 0 Å². The first-order valence-electron chi connectivity index (χ1n) is 20.2. The predicted octanol–water partition coefficient (Wildman–Crippen LogP) is 14.5. The first-order valence-corrected chi connectivity index (χ1v) is 20.2. The van der Waals surface area contributed by atoms with Crippen LogP contribution in [-0.2, 0) is 0 Å². The molecule has 12 rings (SSSR count). The van der Waals surface area contributed by atoms with Crippen molar-refractivity contribution in [1.29, 1.82) is 0 Å². The van der Waals surface area contributed by atoms with Crippen molar-refractivity contribution in [3.05, 3.63) is 207 Å². The molecule has 0 atom stereocenters. The second-order valence-electron chi connectivity index (χ2n) is 14.7. The minimum Gasteiger partial charge on any atom is -0.317 e. The SMILES string of the molecule is CC.c1ccc(-n2ccc3cc4c(cc32)c2ccccc2n4-c2ccc(-c3ccc(-n4c5ccccc5c5cc6c(ccn6-c6ccccc6)cc54)cc3)cc2)cc1. The average Bonchev–Trinajstić information content (AvgIpc) is 4.07. The quantitative estimate of drug-likeness (QED) is 0.167. The van der Waals surface area contributed by atoms with Gasteiger partial charge in [0.25, 0.3) is 0 Å². The highest BCUT2D eigenvalue weighted by atomic mass is 15.0. The zero-order valence-corrected chi connectivity index (χ0v) is 32.4. The van der Waals surface area contributed by atoms with Crippen LogP contribution in [0, 0.1) is 0 Å². The molecule has 4 aromatic heterocycles. The van der Waals surface area contributed by atoms with E-state index in [4.69, 9.17) is 0 Å². The van der Waals surface area contributed by atoms with E-state index in [1.165, 1.54) is 87.9 Å². The van der Waals surface area contributed by atoms with Crippen LogP contribution in [0.2, 0.25) is 0 Å². The Hall–Kier alpha value is -7.56. The Balaban J connectivity index is 0.00000190. The lowest BCUT2D eigenvalue weighted by Crippen LogP contribution is -1.95. The molecule has 0 saturated carbocycles. The smallest absolute Gasteiger partial charge is 0.0548 e. The van der Waals surface area contributed by atoms with Gasteiger partial charge in [0.1, 0.15) is 0 Å². The molecule has 0 radical (unpaired) electrons. The molecule has 0 aliphatic heterocycles. The maximum Gasteiger partial charge on any atom is 0.0548 e. The number of benzene rings is 8. The fourth-order valence-corrected chi connectivity index (χ4v) is 8.98. The molecule has 0 unspecified atom stereocenters. The summed E-state index contributed by atoms with van der Waals surface area (Å²) >= 11 is 0. The monoisotopic (exact) mass is 744 g/mol. The summed E-state index contributed by atoms with van der Waals surface area (Å²) in [7, 11) is 0. The molecule has 0 spiro atoms. The Kier molecular flexibility index (Phi) is 7.90. The normalized spacial score (nSPS) is 11.6. The van der Waals surface area contributed by atoms with Crippen molar-refractivity contribution in [3.63, 3.8) is 0 Å². The van der Waals surface area contributed by atoms with Crippen molar-refractivity contribution in [2.75, 3.05) is 0 Å². The van der Waals surface area contributed by atoms with Crippen molar-refractivity contribution in [2.45, 2.75) is 13.8 Å². The molecule has 58 heavy (non-hydrogen) atoms. The molecule has 0 fully saturated rings. The molecular formula is C54H40N4. The van der Waals surface area contributed by atoms with E-state index in [-0.39, 0.29) is 0 Å². The average molecular weight is 745 g/mol. The van der Waals surface area contributed by atoms with E-state index in [2.05, 4.69) is 225 Å². The molecule has 4 heteroatoms. The topological polar surface area (TPSA) is 19.7 Å². The van der Waals surface area contributed by atoms with Crippen LogP contribution < -0.4 is 0 Å². The molecular weight excluding hydrogens is 705 g/mol. The summed E-state index contributed by atoms with van der Waals surface area (Å²) in [6.07, 6.45) is 4.35. The minimum absolute atomic E-state index is 1.15. The van der Waals surface area contributed by atoms with E-state index in [0.717, 1.165) is 11.4 Å². The molecule has 12 aromatic rings. The molecule has 0 saturated heterocycles. The van der Waals surface area contributed by atoms with Crippen LogP contribution in [0.3, 0.4) is 0 Å². The van der Waals surface area contributed by atoms with Crippen LogP contribution in [0.5, 0.6) is 0 Å². The molecule has 8 aromatic carbocycles. The predicted molar refractivity (Wildman–Crippen MR) is 246 cm³/mol. The summed E-state index contributed by atoms with van der Waals surface area (Å²) in [6, 6.07) is 70.5. The maximum atomic E-state index is 2.41. The number of hydrogen-bond acceptors (Lipinski definition) is 0. The molecule has 0 bridgehead atoms. The second-order valence-corrected chi connectivity index (χ2v) is 14.7. The van der Waals surface area contributed by atoms with Crippen LogP contribution in [-0.4, -0.2) is 18.3 Å². The van der Waals surface area contributed by atoms with Gasteiger partial charge in [-0.05, 0) is 108 Å². The van der Waals surface area contributed by atoms with E-state index in [9.17, 15) is 0 Å². The van der Waals surface area contributed by atoms with Crippen LogP contribution in [0.4, 0.5) is 0 Å². The van der Waals surface area contributed by atoms with Gasteiger partial charge in [0, 0.05) is 67.5 Å².